The third kappa shape index (κ3) is 6.30. The molecule has 0 saturated heterocycles. The molecular formula is C21H21F2N3O3S. The summed E-state index contributed by atoms with van der Waals surface area (Å²) in [6.45, 7) is -2.08. The Morgan fingerprint density at radius 1 is 1.10 bits per heavy atom. The Balaban J connectivity index is 0.000000367. The van der Waals surface area contributed by atoms with E-state index in [0.29, 0.717) is 13.1 Å². The van der Waals surface area contributed by atoms with Gasteiger partial charge >= 0.3 is 6.61 Å². The summed E-state index contributed by atoms with van der Waals surface area (Å²) in [5, 5.41) is 13.2. The number of ether oxygens (including phenoxy) is 1. The Morgan fingerprint density at radius 3 is 2.27 bits per heavy atom. The lowest BCUT2D eigenvalue weighted by molar-refractivity contribution is -0.132. The average molecular weight is 433 g/mol. The van der Waals surface area contributed by atoms with E-state index in [9.17, 15) is 13.6 Å². The molecule has 158 valence electrons. The van der Waals surface area contributed by atoms with E-state index in [1.807, 2.05) is 42.6 Å². The van der Waals surface area contributed by atoms with Crippen molar-refractivity contribution in [1.82, 2.24) is 14.1 Å². The molecule has 1 aromatic heterocycles. The molecule has 2 heterocycles. The lowest BCUT2D eigenvalue weighted by Crippen LogP contribution is -2.26. The van der Waals surface area contributed by atoms with Gasteiger partial charge < -0.3 is 14.7 Å². The van der Waals surface area contributed by atoms with Gasteiger partial charge in [0.05, 0.1) is 18.8 Å². The highest BCUT2D eigenvalue weighted by atomic mass is 32.2. The number of hydrogen-bond acceptors (Lipinski definition) is 5. The van der Waals surface area contributed by atoms with Gasteiger partial charge in [0.1, 0.15) is 5.75 Å². The van der Waals surface area contributed by atoms with Crippen LogP contribution in [0.25, 0.3) is 0 Å². The summed E-state index contributed by atoms with van der Waals surface area (Å²) >= 11 is 1.34. The lowest BCUT2D eigenvalue weighted by Gasteiger charge is -2.14. The third-order valence-electron chi connectivity index (χ3n) is 4.15. The summed E-state index contributed by atoms with van der Waals surface area (Å²) in [7, 11) is 0. The number of carbonyl (C=O) groups excluding carboxylic acids is 1. The van der Waals surface area contributed by atoms with Crippen LogP contribution in [-0.4, -0.2) is 38.3 Å². The van der Waals surface area contributed by atoms with Crippen molar-refractivity contribution < 1.29 is 23.4 Å². The normalized spacial score (nSPS) is 12.3. The van der Waals surface area contributed by atoms with Crippen LogP contribution in [0, 0.1) is 0 Å². The predicted octanol–water partition coefficient (Wildman–Crippen LogP) is 3.95. The van der Waals surface area contributed by atoms with Crippen LogP contribution < -0.4 is 4.74 Å². The minimum atomic E-state index is -2.84. The zero-order chi connectivity index (χ0) is 21.3. The van der Waals surface area contributed by atoms with Gasteiger partial charge in [0.15, 0.2) is 0 Å². The van der Waals surface area contributed by atoms with Gasteiger partial charge in [-0.05, 0) is 24.3 Å². The van der Waals surface area contributed by atoms with Gasteiger partial charge in [-0.1, -0.05) is 36.4 Å². The second-order valence-corrected chi connectivity index (χ2v) is 7.35. The van der Waals surface area contributed by atoms with Crippen LogP contribution >= 0.6 is 11.9 Å². The number of benzene rings is 2. The fourth-order valence-corrected chi connectivity index (χ4v) is 3.57. The average Bonchev–Trinajstić information content (AvgIpc) is 3.30. The van der Waals surface area contributed by atoms with Gasteiger partial charge in [-0.15, -0.1) is 0 Å². The molecule has 0 spiro atoms. The van der Waals surface area contributed by atoms with E-state index in [2.05, 4.69) is 9.84 Å². The number of aromatic nitrogens is 2. The molecule has 4 rings (SSSR count). The summed E-state index contributed by atoms with van der Waals surface area (Å²) in [5.41, 5.74) is 1.79. The van der Waals surface area contributed by atoms with E-state index in [4.69, 9.17) is 5.11 Å². The molecule has 6 nitrogen and oxygen atoms in total. The molecule has 1 N–H and O–H groups in total. The van der Waals surface area contributed by atoms with Crippen molar-refractivity contribution in [3.8, 4) is 5.75 Å². The first-order valence-electron chi connectivity index (χ1n) is 9.24. The Bertz CT molecular complexity index is 886. The lowest BCUT2D eigenvalue weighted by atomic mass is 10.3. The smallest absolute Gasteiger partial charge is 0.387 e. The molecule has 1 aliphatic rings. The fourth-order valence-electron chi connectivity index (χ4n) is 2.78. The first kappa shape index (κ1) is 21.8. The number of halogens is 2. The van der Waals surface area contributed by atoms with Gasteiger partial charge in [0.25, 0.3) is 0 Å². The van der Waals surface area contributed by atoms with Gasteiger partial charge in [-0.3, -0.25) is 4.79 Å². The Morgan fingerprint density at radius 2 is 1.73 bits per heavy atom. The standard InChI is InChI=1S/C15H15F2N3O3S.C6H6/c16-15(17)23-11-1-3-12(4-2-11)24-20-8-10-7-19(9-13(10)18-20)14(22)5-6-21;1-2-4-6-5-3-1/h1-4,8,15,21H,5-7,9H2;1-6H. The number of fused-ring (bicyclic) bond motifs is 1. The zero-order valence-corrected chi connectivity index (χ0v) is 16.8. The van der Waals surface area contributed by atoms with E-state index in [0.717, 1.165) is 16.2 Å². The maximum absolute atomic E-state index is 12.1. The summed E-state index contributed by atoms with van der Waals surface area (Å²) in [4.78, 5) is 14.2. The summed E-state index contributed by atoms with van der Waals surface area (Å²) < 4.78 is 30.2. The topological polar surface area (TPSA) is 67.6 Å². The predicted molar refractivity (Wildman–Crippen MR) is 109 cm³/mol. The molecule has 0 aliphatic carbocycles. The molecule has 1 amide bonds. The molecule has 1 aliphatic heterocycles. The highest BCUT2D eigenvalue weighted by Gasteiger charge is 2.26. The van der Waals surface area contributed by atoms with Crippen LogP contribution in [0.1, 0.15) is 17.7 Å². The van der Waals surface area contributed by atoms with E-state index < -0.39 is 6.61 Å². The number of nitrogens with zero attached hydrogens (tertiary/aromatic N) is 3. The quantitative estimate of drug-likeness (QED) is 0.638. The fraction of sp³-hybridized carbons (Fsp3) is 0.238. The van der Waals surface area contributed by atoms with Gasteiger partial charge in [-0.25, -0.2) is 4.09 Å². The summed E-state index contributed by atoms with van der Waals surface area (Å²) in [5.74, 6) is 0.0136. The van der Waals surface area contributed by atoms with Crippen molar-refractivity contribution in [1.29, 1.82) is 0 Å². The molecular weight excluding hydrogens is 412 g/mol. The Labute approximate surface area is 177 Å². The molecule has 2 aromatic carbocycles. The maximum Gasteiger partial charge on any atom is 0.387 e. The van der Waals surface area contributed by atoms with Gasteiger partial charge in [-0.2, -0.15) is 13.9 Å². The Hall–Kier alpha value is -2.91. The second kappa shape index (κ2) is 10.7. The molecule has 3 aromatic rings. The van der Waals surface area contributed by atoms with Crippen molar-refractivity contribution in [3.05, 3.63) is 78.1 Å². The first-order chi connectivity index (χ1) is 14.5. The number of carbonyl (C=O) groups is 1. The van der Waals surface area contributed by atoms with E-state index in [1.54, 1.807) is 21.1 Å². The second-order valence-electron chi connectivity index (χ2n) is 6.32. The summed E-state index contributed by atoms with van der Waals surface area (Å²) in [6.07, 6.45) is 1.96. The Kier molecular flexibility index (Phi) is 7.81. The van der Waals surface area contributed by atoms with E-state index >= 15 is 0 Å². The number of hydrogen-bond donors (Lipinski definition) is 1. The van der Waals surface area contributed by atoms with Crippen LogP contribution in [0.15, 0.2) is 71.8 Å². The largest absolute Gasteiger partial charge is 0.435 e. The molecule has 9 heteroatoms. The third-order valence-corrected chi connectivity index (χ3v) is 5.01. The number of alkyl halides is 2. The van der Waals surface area contributed by atoms with Crippen LogP contribution in [0.3, 0.4) is 0 Å². The van der Waals surface area contributed by atoms with Crippen LogP contribution in [0.2, 0.25) is 0 Å². The first-order valence-corrected chi connectivity index (χ1v) is 10.0. The zero-order valence-electron chi connectivity index (χ0n) is 16.0. The van der Waals surface area contributed by atoms with Crippen molar-refractivity contribution in [2.45, 2.75) is 31.0 Å². The van der Waals surface area contributed by atoms with Gasteiger partial charge in [0, 0.05) is 41.6 Å². The van der Waals surface area contributed by atoms with Crippen molar-refractivity contribution >= 4 is 17.9 Å². The van der Waals surface area contributed by atoms with E-state index in [-0.39, 0.29) is 24.7 Å². The molecule has 0 unspecified atom stereocenters. The number of aliphatic hydroxyl groups is 1. The number of amides is 1. The number of rotatable bonds is 6. The minimum absolute atomic E-state index is 0.0932. The van der Waals surface area contributed by atoms with E-state index in [1.165, 1.54) is 24.1 Å². The number of aliphatic hydroxyl groups excluding tert-OH is 1. The van der Waals surface area contributed by atoms with Crippen LogP contribution in [0.4, 0.5) is 8.78 Å². The van der Waals surface area contributed by atoms with Crippen molar-refractivity contribution in [2.24, 2.45) is 0 Å². The van der Waals surface area contributed by atoms with Gasteiger partial charge in [0.2, 0.25) is 5.91 Å². The minimum Gasteiger partial charge on any atom is -0.435 e. The molecule has 30 heavy (non-hydrogen) atoms. The van der Waals surface area contributed by atoms with Crippen LogP contribution in [0.5, 0.6) is 5.75 Å². The molecule has 0 radical (unpaired) electrons. The highest BCUT2D eigenvalue weighted by molar-refractivity contribution is 7.97. The van der Waals surface area contributed by atoms with Crippen molar-refractivity contribution in [2.75, 3.05) is 6.61 Å². The van der Waals surface area contributed by atoms with Crippen LogP contribution in [-0.2, 0) is 17.9 Å². The van der Waals surface area contributed by atoms with Crippen molar-refractivity contribution in [3.63, 3.8) is 0 Å². The SMILES string of the molecule is O=C(CCO)N1Cc2cn(Sc3ccc(OC(F)F)cc3)nc2C1.c1ccccc1. The molecule has 0 saturated carbocycles. The summed E-state index contributed by atoms with van der Waals surface area (Å²) in [6, 6.07) is 18.3. The highest BCUT2D eigenvalue weighted by Crippen LogP contribution is 2.28. The molecule has 0 bridgehead atoms. The molecule has 0 atom stereocenters. The molecule has 0 fully saturated rings. The monoisotopic (exact) mass is 433 g/mol. The maximum atomic E-state index is 12.1.